The van der Waals surface area contributed by atoms with Crippen molar-refractivity contribution in [3.63, 3.8) is 0 Å². The van der Waals surface area contributed by atoms with E-state index in [1.165, 1.54) is 17.7 Å². The maximum absolute atomic E-state index is 3.76. The molecule has 3 atom stereocenters. The van der Waals surface area contributed by atoms with Crippen LogP contribution in [0.1, 0.15) is 36.1 Å². The van der Waals surface area contributed by atoms with Gasteiger partial charge in [-0.25, -0.2) is 0 Å². The van der Waals surface area contributed by atoms with Crippen molar-refractivity contribution in [2.45, 2.75) is 37.4 Å². The van der Waals surface area contributed by atoms with Crippen molar-refractivity contribution >= 4 is 27.3 Å². The minimum absolute atomic E-state index is 0.733. The summed E-state index contributed by atoms with van der Waals surface area (Å²) in [6.45, 7) is 4.61. The van der Waals surface area contributed by atoms with Gasteiger partial charge in [0.15, 0.2) is 0 Å². The van der Waals surface area contributed by atoms with Crippen molar-refractivity contribution < 1.29 is 0 Å². The van der Waals surface area contributed by atoms with E-state index < -0.39 is 0 Å². The molecule has 1 saturated carbocycles. The summed E-state index contributed by atoms with van der Waals surface area (Å²) in [5, 5.41) is 2.22. The van der Waals surface area contributed by atoms with Crippen LogP contribution in [0.5, 0.6) is 0 Å². The lowest BCUT2D eigenvalue weighted by molar-refractivity contribution is 0.544. The molecular formula is C11H15BrS. The van der Waals surface area contributed by atoms with E-state index >= 15 is 0 Å². The first-order valence-corrected chi connectivity index (χ1v) is 6.67. The van der Waals surface area contributed by atoms with E-state index in [2.05, 4.69) is 41.2 Å². The molecule has 13 heavy (non-hydrogen) atoms. The van der Waals surface area contributed by atoms with Crippen LogP contribution in [-0.2, 0) is 0 Å². The average Bonchev–Trinajstić information content (AvgIpc) is 2.62. The summed E-state index contributed by atoms with van der Waals surface area (Å²) in [7, 11) is 0. The Labute approximate surface area is 92.5 Å². The molecule has 0 saturated heterocycles. The monoisotopic (exact) mass is 258 g/mol. The fourth-order valence-electron chi connectivity index (χ4n) is 2.33. The molecule has 1 aliphatic rings. The van der Waals surface area contributed by atoms with E-state index in [4.69, 9.17) is 0 Å². The minimum atomic E-state index is 0.733. The number of rotatable bonds is 1. The van der Waals surface area contributed by atoms with Gasteiger partial charge < -0.3 is 0 Å². The van der Waals surface area contributed by atoms with E-state index in [0.717, 1.165) is 16.7 Å². The van der Waals surface area contributed by atoms with E-state index in [0.29, 0.717) is 0 Å². The van der Waals surface area contributed by atoms with Crippen LogP contribution < -0.4 is 0 Å². The predicted octanol–water partition coefficient (Wildman–Crippen LogP) is 4.33. The second-order valence-corrected chi connectivity index (χ2v) is 6.29. The topological polar surface area (TPSA) is 0 Å². The number of aryl methyl sites for hydroxylation is 1. The lowest BCUT2D eigenvalue weighted by atomic mass is 9.91. The van der Waals surface area contributed by atoms with Crippen molar-refractivity contribution in [3.8, 4) is 0 Å². The van der Waals surface area contributed by atoms with Gasteiger partial charge in [0.2, 0.25) is 0 Å². The lowest BCUT2D eigenvalue weighted by Gasteiger charge is -2.17. The molecule has 0 spiro atoms. The van der Waals surface area contributed by atoms with Gasteiger partial charge in [-0.3, -0.25) is 0 Å². The summed E-state index contributed by atoms with van der Waals surface area (Å²) in [5.41, 5.74) is 1.60. The van der Waals surface area contributed by atoms with Crippen LogP contribution in [0, 0.1) is 12.8 Å². The van der Waals surface area contributed by atoms with Crippen LogP contribution in [0.25, 0.3) is 0 Å². The summed E-state index contributed by atoms with van der Waals surface area (Å²) in [6.07, 6.45) is 2.69. The zero-order chi connectivity index (χ0) is 9.42. The van der Waals surface area contributed by atoms with Crippen LogP contribution in [-0.4, -0.2) is 4.83 Å². The van der Waals surface area contributed by atoms with Crippen molar-refractivity contribution in [1.29, 1.82) is 0 Å². The molecule has 3 unspecified atom stereocenters. The highest BCUT2D eigenvalue weighted by atomic mass is 79.9. The van der Waals surface area contributed by atoms with Crippen LogP contribution in [0.3, 0.4) is 0 Å². The van der Waals surface area contributed by atoms with E-state index in [-0.39, 0.29) is 0 Å². The Morgan fingerprint density at radius 2 is 2.23 bits per heavy atom. The first-order valence-electron chi connectivity index (χ1n) is 4.88. The van der Waals surface area contributed by atoms with E-state index in [9.17, 15) is 0 Å². The molecule has 72 valence electrons. The maximum Gasteiger partial charge on any atom is 0.0177 e. The standard InChI is InChI=1S/C11H15BrS/c1-7-9(3-4-11(7)12)10-5-6-13-8(10)2/h5-7,9,11H,3-4H2,1-2H3. The number of hydrogen-bond donors (Lipinski definition) is 0. The van der Waals surface area contributed by atoms with Gasteiger partial charge in [0.25, 0.3) is 0 Å². The summed E-state index contributed by atoms with van der Waals surface area (Å²) < 4.78 is 0. The zero-order valence-corrected chi connectivity index (χ0v) is 10.5. The van der Waals surface area contributed by atoms with Gasteiger partial charge >= 0.3 is 0 Å². The Balaban J connectivity index is 2.23. The maximum atomic E-state index is 3.76. The molecule has 1 aromatic heterocycles. The third-order valence-corrected chi connectivity index (χ3v) is 5.41. The number of alkyl halides is 1. The molecule has 1 aromatic rings. The molecule has 1 heterocycles. The van der Waals surface area contributed by atoms with Crippen molar-refractivity contribution in [2.24, 2.45) is 5.92 Å². The highest BCUT2D eigenvalue weighted by Crippen LogP contribution is 2.44. The van der Waals surface area contributed by atoms with Crippen molar-refractivity contribution in [2.75, 3.05) is 0 Å². The SMILES string of the molecule is Cc1sccc1C1CCC(Br)C1C. The Kier molecular flexibility index (Phi) is 2.80. The average molecular weight is 259 g/mol. The largest absolute Gasteiger partial charge is 0.149 e. The normalized spacial score (nSPS) is 33.9. The molecule has 0 aliphatic heterocycles. The molecule has 0 nitrogen and oxygen atoms in total. The Hall–Kier alpha value is 0.180. The van der Waals surface area contributed by atoms with Gasteiger partial charge in [-0.15, -0.1) is 11.3 Å². The van der Waals surface area contributed by atoms with E-state index in [1.807, 2.05) is 11.3 Å². The quantitative estimate of drug-likeness (QED) is 0.658. The Bertz CT molecular complexity index is 292. The predicted molar refractivity (Wildman–Crippen MR) is 62.9 cm³/mol. The fourth-order valence-corrected chi connectivity index (χ4v) is 3.74. The summed E-state index contributed by atoms with van der Waals surface area (Å²) in [5.74, 6) is 1.60. The highest BCUT2D eigenvalue weighted by Gasteiger charge is 2.32. The molecule has 2 rings (SSSR count). The second kappa shape index (κ2) is 3.74. The molecule has 1 fully saturated rings. The first kappa shape index (κ1) is 9.72. The van der Waals surface area contributed by atoms with Gasteiger partial charge in [0, 0.05) is 9.70 Å². The minimum Gasteiger partial charge on any atom is -0.149 e. The molecular weight excluding hydrogens is 244 g/mol. The zero-order valence-electron chi connectivity index (χ0n) is 8.09. The smallest absolute Gasteiger partial charge is 0.0177 e. The Morgan fingerprint density at radius 3 is 2.69 bits per heavy atom. The number of thiophene rings is 1. The number of halogens is 1. The lowest BCUT2D eigenvalue weighted by Crippen LogP contribution is -2.08. The first-order chi connectivity index (χ1) is 6.20. The second-order valence-electron chi connectivity index (χ2n) is 3.99. The summed E-state index contributed by atoms with van der Waals surface area (Å²) in [6, 6.07) is 2.31. The number of hydrogen-bond acceptors (Lipinski definition) is 1. The van der Waals surface area contributed by atoms with Crippen molar-refractivity contribution in [1.82, 2.24) is 0 Å². The van der Waals surface area contributed by atoms with Crippen LogP contribution in [0.15, 0.2) is 11.4 Å². The van der Waals surface area contributed by atoms with E-state index in [1.54, 1.807) is 5.56 Å². The Morgan fingerprint density at radius 1 is 1.46 bits per heavy atom. The molecule has 0 radical (unpaired) electrons. The molecule has 0 aromatic carbocycles. The summed E-state index contributed by atoms with van der Waals surface area (Å²) >= 11 is 5.64. The third kappa shape index (κ3) is 1.71. The molecule has 0 amide bonds. The summed E-state index contributed by atoms with van der Waals surface area (Å²) in [4.78, 5) is 2.25. The van der Waals surface area contributed by atoms with Crippen LogP contribution in [0.4, 0.5) is 0 Å². The highest BCUT2D eigenvalue weighted by molar-refractivity contribution is 9.09. The van der Waals surface area contributed by atoms with Gasteiger partial charge in [-0.1, -0.05) is 22.9 Å². The van der Waals surface area contributed by atoms with Crippen LogP contribution in [0.2, 0.25) is 0 Å². The third-order valence-electron chi connectivity index (χ3n) is 3.26. The van der Waals surface area contributed by atoms with Gasteiger partial charge in [-0.05, 0) is 48.6 Å². The molecule has 2 heteroatoms. The molecule has 0 N–H and O–H groups in total. The van der Waals surface area contributed by atoms with Gasteiger partial charge in [0.1, 0.15) is 0 Å². The van der Waals surface area contributed by atoms with Crippen molar-refractivity contribution in [3.05, 3.63) is 21.9 Å². The van der Waals surface area contributed by atoms with Crippen LogP contribution >= 0.6 is 27.3 Å². The fraction of sp³-hybridized carbons (Fsp3) is 0.636. The molecule has 0 bridgehead atoms. The molecule has 1 aliphatic carbocycles. The van der Waals surface area contributed by atoms with Gasteiger partial charge in [-0.2, -0.15) is 0 Å². The van der Waals surface area contributed by atoms with Gasteiger partial charge in [0.05, 0.1) is 0 Å².